The molecular weight excluding hydrogens is 250 g/mol. The lowest BCUT2D eigenvalue weighted by molar-refractivity contribution is 0.0551. The molecule has 1 fully saturated rings. The number of anilines is 1. The second kappa shape index (κ2) is 6.04. The monoisotopic (exact) mass is 275 g/mol. The third-order valence-electron chi connectivity index (χ3n) is 4.70. The highest BCUT2D eigenvalue weighted by Gasteiger charge is 2.29. The van der Waals surface area contributed by atoms with Crippen LogP contribution in [0.5, 0.6) is 5.75 Å². The molecule has 3 atom stereocenters. The van der Waals surface area contributed by atoms with Crippen LogP contribution in [-0.4, -0.2) is 30.9 Å². The molecule has 0 saturated heterocycles. The van der Waals surface area contributed by atoms with Crippen molar-refractivity contribution in [3.63, 3.8) is 0 Å². The molecule has 3 heteroatoms. The molecular formula is C17H25NO2. The average Bonchev–Trinajstić information content (AvgIpc) is 2.66. The largest absolute Gasteiger partial charge is 0.491 e. The van der Waals surface area contributed by atoms with E-state index in [1.807, 2.05) is 12.1 Å². The van der Waals surface area contributed by atoms with E-state index in [1.165, 1.54) is 5.69 Å². The molecule has 1 heterocycles. The molecule has 1 aromatic rings. The fraction of sp³-hybridized carbons (Fsp3) is 0.647. The fourth-order valence-electron chi connectivity index (χ4n) is 3.55. The molecule has 0 spiro atoms. The first-order valence-electron chi connectivity index (χ1n) is 7.89. The van der Waals surface area contributed by atoms with Crippen molar-refractivity contribution in [3.8, 4) is 5.75 Å². The van der Waals surface area contributed by atoms with Gasteiger partial charge in [0, 0.05) is 19.0 Å². The summed E-state index contributed by atoms with van der Waals surface area (Å²) >= 11 is 0. The summed E-state index contributed by atoms with van der Waals surface area (Å²) in [5.41, 5.74) is 1.19. The van der Waals surface area contributed by atoms with Gasteiger partial charge in [0.05, 0.1) is 18.4 Å². The number of benzene rings is 1. The Balaban J connectivity index is 1.76. The lowest BCUT2D eigenvalue weighted by Gasteiger charge is -2.36. The topological polar surface area (TPSA) is 32.7 Å². The van der Waals surface area contributed by atoms with Crippen molar-refractivity contribution in [2.75, 3.05) is 24.6 Å². The van der Waals surface area contributed by atoms with Crippen molar-refractivity contribution in [3.05, 3.63) is 24.3 Å². The van der Waals surface area contributed by atoms with Gasteiger partial charge in [0.25, 0.3) is 0 Å². The van der Waals surface area contributed by atoms with E-state index in [4.69, 9.17) is 4.74 Å². The van der Waals surface area contributed by atoms with Gasteiger partial charge in [-0.1, -0.05) is 19.1 Å². The number of fused-ring (bicyclic) bond motifs is 1. The number of nitrogens with zero attached hydrogens (tertiary/aromatic N) is 1. The highest BCUT2D eigenvalue weighted by Crippen LogP contribution is 2.34. The predicted octanol–water partition coefficient (Wildman–Crippen LogP) is 3.07. The second-order valence-corrected chi connectivity index (χ2v) is 6.36. The SMILES string of the molecule is CC1CCC(O)C(CN2CCCOc3ccccc32)C1. The predicted molar refractivity (Wildman–Crippen MR) is 81.3 cm³/mol. The van der Waals surface area contributed by atoms with Crippen molar-refractivity contribution in [2.24, 2.45) is 11.8 Å². The molecule has 1 N–H and O–H groups in total. The number of aliphatic hydroxyl groups is 1. The van der Waals surface area contributed by atoms with Gasteiger partial charge < -0.3 is 14.7 Å². The number of para-hydroxylation sites is 2. The average molecular weight is 275 g/mol. The van der Waals surface area contributed by atoms with Gasteiger partial charge in [0.2, 0.25) is 0 Å². The fourth-order valence-corrected chi connectivity index (χ4v) is 3.55. The Labute approximate surface area is 121 Å². The summed E-state index contributed by atoms with van der Waals surface area (Å²) in [6.07, 6.45) is 4.17. The van der Waals surface area contributed by atoms with Crippen LogP contribution in [0.25, 0.3) is 0 Å². The van der Waals surface area contributed by atoms with E-state index < -0.39 is 0 Å². The maximum absolute atomic E-state index is 10.3. The third kappa shape index (κ3) is 2.93. The zero-order valence-corrected chi connectivity index (χ0v) is 12.3. The second-order valence-electron chi connectivity index (χ2n) is 6.36. The summed E-state index contributed by atoms with van der Waals surface area (Å²) < 4.78 is 5.81. The Morgan fingerprint density at radius 1 is 1.30 bits per heavy atom. The Morgan fingerprint density at radius 2 is 2.15 bits per heavy atom. The van der Waals surface area contributed by atoms with Crippen molar-refractivity contribution in [1.82, 2.24) is 0 Å². The summed E-state index contributed by atoms with van der Waals surface area (Å²) in [6.45, 7) is 5.07. The van der Waals surface area contributed by atoms with E-state index in [9.17, 15) is 5.11 Å². The van der Waals surface area contributed by atoms with Gasteiger partial charge in [-0.3, -0.25) is 0 Å². The van der Waals surface area contributed by atoms with E-state index in [1.54, 1.807) is 0 Å². The standard InChI is InChI=1S/C17H25NO2/c1-13-7-8-16(19)14(11-13)12-18-9-4-10-20-17-6-3-2-5-15(17)18/h2-3,5-6,13-14,16,19H,4,7-12H2,1H3. The Bertz CT molecular complexity index is 448. The zero-order chi connectivity index (χ0) is 13.9. The van der Waals surface area contributed by atoms with Gasteiger partial charge in [-0.25, -0.2) is 0 Å². The van der Waals surface area contributed by atoms with E-state index in [0.29, 0.717) is 5.92 Å². The van der Waals surface area contributed by atoms with E-state index in [-0.39, 0.29) is 6.10 Å². The molecule has 0 amide bonds. The number of hydrogen-bond donors (Lipinski definition) is 1. The van der Waals surface area contributed by atoms with Gasteiger partial charge in [0.1, 0.15) is 5.75 Å². The molecule has 110 valence electrons. The van der Waals surface area contributed by atoms with Gasteiger partial charge in [-0.2, -0.15) is 0 Å². The Morgan fingerprint density at radius 3 is 3.05 bits per heavy atom. The summed E-state index contributed by atoms with van der Waals surface area (Å²) in [5.74, 6) is 2.12. The van der Waals surface area contributed by atoms with Crippen molar-refractivity contribution >= 4 is 5.69 Å². The number of hydrogen-bond acceptors (Lipinski definition) is 3. The van der Waals surface area contributed by atoms with Gasteiger partial charge >= 0.3 is 0 Å². The lowest BCUT2D eigenvalue weighted by Crippen LogP contribution is -2.39. The molecule has 1 aliphatic heterocycles. The maximum atomic E-state index is 10.3. The minimum absolute atomic E-state index is 0.137. The molecule has 1 aliphatic carbocycles. The molecule has 0 bridgehead atoms. The van der Waals surface area contributed by atoms with Crippen LogP contribution in [-0.2, 0) is 0 Å². The lowest BCUT2D eigenvalue weighted by atomic mass is 9.80. The molecule has 0 radical (unpaired) electrons. The Kier molecular flexibility index (Phi) is 4.16. The van der Waals surface area contributed by atoms with Crippen LogP contribution in [0.3, 0.4) is 0 Å². The van der Waals surface area contributed by atoms with E-state index in [2.05, 4.69) is 24.0 Å². The van der Waals surface area contributed by atoms with Gasteiger partial charge in [0.15, 0.2) is 0 Å². The van der Waals surface area contributed by atoms with Crippen molar-refractivity contribution in [1.29, 1.82) is 0 Å². The number of ether oxygens (including phenoxy) is 1. The van der Waals surface area contributed by atoms with Gasteiger partial charge in [-0.15, -0.1) is 0 Å². The molecule has 2 aliphatic rings. The smallest absolute Gasteiger partial charge is 0.142 e. The molecule has 3 unspecified atom stereocenters. The highest BCUT2D eigenvalue weighted by atomic mass is 16.5. The minimum Gasteiger partial charge on any atom is -0.491 e. The summed E-state index contributed by atoms with van der Waals surface area (Å²) in [4.78, 5) is 2.41. The van der Waals surface area contributed by atoms with Crippen molar-refractivity contribution in [2.45, 2.75) is 38.7 Å². The first-order valence-corrected chi connectivity index (χ1v) is 7.89. The third-order valence-corrected chi connectivity index (χ3v) is 4.70. The van der Waals surface area contributed by atoms with Crippen molar-refractivity contribution < 1.29 is 9.84 Å². The van der Waals surface area contributed by atoms with E-state index in [0.717, 1.165) is 57.0 Å². The Hall–Kier alpha value is -1.22. The summed E-state index contributed by atoms with van der Waals surface area (Å²) in [7, 11) is 0. The van der Waals surface area contributed by atoms with Crippen LogP contribution < -0.4 is 9.64 Å². The molecule has 1 saturated carbocycles. The van der Waals surface area contributed by atoms with Crippen LogP contribution >= 0.6 is 0 Å². The number of rotatable bonds is 2. The van der Waals surface area contributed by atoms with Crippen LogP contribution in [0, 0.1) is 11.8 Å². The first-order chi connectivity index (χ1) is 9.74. The normalized spacial score (nSPS) is 30.3. The zero-order valence-electron chi connectivity index (χ0n) is 12.3. The number of aliphatic hydroxyl groups excluding tert-OH is 1. The minimum atomic E-state index is -0.137. The molecule has 0 aromatic heterocycles. The first kappa shape index (κ1) is 13.7. The van der Waals surface area contributed by atoms with Crippen LogP contribution in [0.4, 0.5) is 5.69 Å². The molecule has 20 heavy (non-hydrogen) atoms. The quantitative estimate of drug-likeness (QED) is 0.900. The maximum Gasteiger partial charge on any atom is 0.142 e. The summed E-state index contributed by atoms with van der Waals surface area (Å²) in [6, 6.07) is 8.28. The van der Waals surface area contributed by atoms with Crippen LogP contribution in [0.15, 0.2) is 24.3 Å². The van der Waals surface area contributed by atoms with Crippen LogP contribution in [0.1, 0.15) is 32.6 Å². The summed E-state index contributed by atoms with van der Waals surface area (Å²) in [5, 5.41) is 10.3. The molecule has 1 aromatic carbocycles. The highest BCUT2D eigenvalue weighted by molar-refractivity contribution is 5.59. The van der Waals surface area contributed by atoms with Crippen LogP contribution in [0.2, 0.25) is 0 Å². The molecule has 3 rings (SSSR count). The van der Waals surface area contributed by atoms with Gasteiger partial charge in [-0.05, 0) is 43.7 Å². The molecule has 3 nitrogen and oxygen atoms in total. The van der Waals surface area contributed by atoms with E-state index >= 15 is 0 Å².